The number of ether oxygens (including phenoxy) is 2. The fraction of sp³-hybridized carbons (Fsp3) is 0.500. The summed E-state index contributed by atoms with van der Waals surface area (Å²) in [5.41, 5.74) is 3.05. The summed E-state index contributed by atoms with van der Waals surface area (Å²) in [7, 11) is 0. The number of rotatable bonds is 13. The lowest BCUT2D eigenvalue weighted by Crippen LogP contribution is -2.57. The summed E-state index contributed by atoms with van der Waals surface area (Å²) in [6, 6.07) is 6.22. The van der Waals surface area contributed by atoms with Gasteiger partial charge in [-0.25, -0.2) is 9.59 Å². The van der Waals surface area contributed by atoms with Gasteiger partial charge in [-0.1, -0.05) is 44.2 Å². The predicted octanol–water partition coefficient (Wildman–Crippen LogP) is 0.0187. The summed E-state index contributed by atoms with van der Waals surface area (Å²) in [5, 5.41) is 23.6. The summed E-state index contributed by atoms with van der Waals surface area (Å²) in [6.45, 7) is 4.84. The van der Waals surface area contributed by atoms with Crippen LogP contribution in [0.15, 0.2) is 30.3 Å². The number of amides is 4. The molecule has 14 nitrogen and oxygen atoms in total. The van der Waals surface area contributed by atoms with Gasteiger partial charge in [0.1, 0.15) is 18.7 Å². The van der Waals surface area contributed by atoms with Gasteiger partial charge in [-0.2, -0.15) is 0 Å². The second-order valence-electron chi connectivity index (χ2n) is 9.06. The van der Waals surface area contributed by atoms with E-state index < -0.39 is 66.5 Å². The standard InChI is InChI=1S/C24H32N4O10/c1-13(2)11-28(22(33)18-19(38-18)23(34)35)27-20(31)14(3)25-21(32)16(9-10-17(29)30)26-24(36)37-12-15-7-5-4-6-8-15/h4-8,13-14,16,18-19H,9-12H2,1-3H3,(H,25,32)(H,26,36)(H,27,31)(H,29,30)(H,34,35)/t14-,16-,18-,19-/m0/s1. The predicted molar refractivity (Wildman–Crippen MR) is 129 cm³/mol. The van der Waals surface area contributed by atoms with Crippen LogP contribution in [0.2, 0.25) is 0 Å². The number of carboxylic acids is 2. The molecule has 4 amide bonds. The molecule has 0 unspecified atom stereocenters. The zero-order valence-electron chi connectivity index (χ0n) is 21.2. The van der Waals surface area contributed by atoms with Crippen LogP contribution in [-0.2, 0) is 40.1 Å². The first-order chi connectivity index (χ1) is 17.9. The molecule has 0 bridgehead atoms. The fourth-order valence-corrected chi connectivity index (χ4v) is 3.25. The third kappa shape index (κ3) is 9.69. The van der Waals surface area contributed by atoms with Gasteiger partial charge in [-0.05, 0) is 24.8 Å². The van der Waals surface area contributed by atoms with Crippen molar-refractivity contribution in [1.82, 2.24) is 21.1 Å². The summed E-state index contributed by atoms with van der Waals surface area (Å²) < 4.78 is 9.94. The number of hydrazine groups is 1. The van der Waals surface area contributed by atoms with E-state index in [4.69, 9.17) is 19.7 Å². The number of nitrogens with one attached hydrogen (secondary N) is 3. The molecular formula is C24H32N4O10. The molecule has 1 aliphatic heterocycles. The molecule has 14 heteroatoms. The molecule has 0 aliphatic carbocycles. The summed E-state index contributed by atoms with van der Waals surface area (Å²) in [5.74, 6) is -5.00. The monoisotopic (exact) mass is 536 g/mol. The Bertz CT molecular complexity index is 1030. The molecule has 1 saturated heterocycles. The van der Waals surface area contributed by atoms with Crippen LogP contribution in [0.1, 0.15) is 39.2 Å². The number of hydrogen-bond donors (Lipinski definition) is 5. The smallest absolute Gasteiger partial charge is 0.408 e. The van der Waals surface area contributed by atoms with Crippen molar-refractivity contribution in [2.24, 2.45) is 5.92 Å². The number of alkyl carbamates (subject to hydrolysis) is 1. The molecule has 1 aliphatic rings. The van der Waals surface area contributed by atoms with Gasteiger partial charge in [-0.15, -0.1) is 0 Å². The van der Waals surface area contributed by atoms with Crippen LogP contribution < -0.4 is 16.1 Å². The number of carbonyl (C=O) groups is 6. The molecule has 1 fully saturated rings. The van der Waals surface area contributed by atoms with Crippen LogP contribution in [0.25, 0.3) is 0 Å². The highest BCUT2D eigenvalue weighted by molar-refractivity contribution is 5.95. The number of aliphatic carboxylic acids is 2. The maximum absolute atomic E-state index is 12.8. The number of carbonyl (C=O) groups excluding carboxylic acids is 4. The Morgan fingerprint density at radius 1 is 0.974 bits per heavy atom. The first-order valence-corrected chi connectivity index (χ1v) is 11.9. The Labute approximate surface area is 218 Å². The fourth-order valence-electron chi connectivity index (χ4n) is 3.25. The van der Waals surface area contributed by atoms with Gasteiger partial charge in [0, 0.05) is 13.0 Å². The lowest BCUT2D eigenvalue weighted by molar-refractivity contribution is -0.144. The molecule has 1 heterocycles. The van der Waals surface area contributed by atoms with Gasteiger partial charge < -0.3 is 30.3 Å². The van der Waals surface area contributed by atoms with Gasteiger partial charge in [0.25, 0.3) is 11.8 Å². The van der Waals surface area contributed by atoms with E-state index in [-0.39, 0.29) is 25.5 Å². The molecule has 0 spiro atoms. The largest absolute Gasteiger partial charge is 0.481 e. The molecule has 208 valence electrons. The highest BCUT2D eigenvalue weighted by atomic mass is 16.6. The van der Waals surface area contributed by atoms with Crippen molar-refractivity contribution < 1.29 is 48.5 Å². The van der Waals surface area contributed by atoms with Crippen molar-refractivity contribution in [2.75, 3.05) is 6.54 Å². The average molecular weight is 537 g/mol. The number of benzene rings is 1. The minimum absolute atomic E-state index is 0.0491. The van der Waals surface area contributed by atoms with Crippen LogP contribution in [0.3, 0.4) is 0 Å². The second-order valence-corrected chi connectivity index (χ2v) is 9.06. The van der Waals surface area contributed by atoms with Crippen molar-refractivity contribution in [3.63, 3.8) is 0 Å². The molecule has 1 aromatic rings. The normalized spacial score (nSPS) is 17.5. The Hall–Kier alpha value is -4.20. The highest BCUT2D eigenvalue weighted by Gasteiger charge is 2.52. The van der Waals surface area contributed by atoms with E-state index in [1.807, 2.05) is 0 Å². The molecule has 1 aromatic carbocycles. The van der Waals surface area contributed by atoms with Crippen LogP contribution in [0.5, 0.6) is 0 Å². The lowest BCUT2D eigenvalue weighted by Gasteiger charge is -2.27. The third-order valence-corrected chi connectivity index (χ3v) is 5.26. The van der Waals surface area contributed by atoms with E-state index in [9.17, 15) is 28.8 Å². The second kappa shape index (κ2) is 13.9. The Kier molecular flexibility index (Phi) is 11.0. The number of nitrogens with zero attached hydrogens (tertiary/aromatic N) is 1. The van der Waals surface area contributed by atoms with E-state index in [1.165, 1.54) is 6.92 Å². The first-order valence-electron chi connectivity index (χ1n) is 11.9. The zero-order valence-corrected chi connectivity index (χ0v) is 21.2. The van der Waals surface area contributed by atoms with Gasteiger partial charge in [0.2, 0.25) is 5.91 Å². The van der Waals surface area contributed by atoms with Crippen LogP contribution in [0.4, 0.5) is 4.79 Å². The molecule has 5 N–H and O–H groups in total. The van der Waals surface area contributed by atoms with E-state index in [0.29, 0.717) is 5.56 Å². The molecule has 0 radical (unpaired) electrons. The number of carboxylic acid groups (broad SMARTS) is 2. The van der Waals surface area contributed by atoms with E-state index >= 15 is 0 Å². The maximum atomic E-state index is 12.8. The van der Waals surface area contributed by atoms with E-state index in [2.05, 4.69) is 16.1 Å². The molecule has 0 aromatic heterocycles. The Morgan fingerprint density at radius 2 is 1.63 bits per heavy atom. The van der Waals surface area contributed by atoms with Crippen LogP contribution in [-0.4, -0.2) is 81.8 Å². The van der Waals surface area contributed by atoms with Crippen LogP contribution in [0, 0.1) is 5.92 Å². The SMILES string of the molecule is CC(C)CN(NC(=O)[C@H](C)NC(=O)[C@H](CCC(=O)O)NC(=O)OCc1ccccc1)C(=O)[C@H]1O[C@@H]1C(=O)O. The molecule has 4 atom stereocenters. The topological polar surface area (TPSA) is 204 Å². The van der Waals surface area contributed by atoms with Gasteiger partial charge in [0.05, 0.1) is 0 Å². The quantitative estimate of drug-likeness (QED) is 0.169. The van der Waals surface area contributed by atoms with Crippen molar-refractivity contribution in [3.8, 4) is 0 Å². The molecule has 0 saturated carbocycles. The van der Waals surface area contributed by atoms with E-state index in [1.54, 1.807) is 44.2 Å². The maximum Gasteiger partial charge on any atom is 0.408 e. The average Bonchev–Trinajstić information content (AvgIpc) is 3.66. The van der Waals surface area contributed by atoms with Crippen molar-refractivity contribution in [1.29, 1.82) is 0 Å². The first kappa shape index (κ1) is 30.0. The Morgan fingerprint density at radius 3 is 2.18 bits per heavy atom. The lowest BCUT2D eigenvalue weighted by atomic mass is 10.1. The Balaban J connectivity index is 1.97. The summed E-state index contributed by atoms with van der Waals surface area (Å²) in [6.07, 6.45) is -4.20. The van der Waals surface area contributed by atoms with Crippen LogP contribution >= 0.6 is 0 Å². The van der Waals surface area contributed by atoms with Crippen molar-refractivity contribution in [2.45, 2.75) is 64.5 Å². The minimum atomic E-state index is -1.32. The van der Waals surface area contributed by atoms with Crippen molar-refractivity contribution in [3.05, 3.63) is 35.9 Å². The molecular weight excluding hydrogens is 504 g/mol. The van der Waals surface area contributed by atoms with E-state index in [0.717, 1.165) is 5.01 Å². The van der Waals surface area contributed by atoms with Crippen molar-refractivity contribution >= 4 is 35.8 Å². The minimum Gasteiger partial charge on any atom is -0.481 e. The summed E-state index contributed by atoms with van der Waals surface area (Å²) >= 11 is 0. The number of epoxide rings is 1. The summed E-state index contributed by atoms with van der Waals surface area (Å²) in [4.78, 5) is 72.4. The molecule has 38 heavy (non-hydrogen) atoms. The van der Waals surface area contributed by atoms with Gasteiger partial charge in [0.15, 0.2) is 12.2 Å². The van der Waals surface area contributed by atoms with Gasteiger partial charge >= 0.3 is 18.0 Å². The van der Waals surface area contributed by atoms with Gasteiger partial charge in [-0.3, -0.25) is 29.6 Å². The number of hydrogen-bond acceptors (Lipinski definition) is 8. The highest BCUT2D eigenvalue weighted by Crippen LogP contribution is 2.24. The third-order valence-electron chi connectivity index (χ3n) is 5.26. The molecule has 2 rings (SSSR count). The zero-order chi connectivity index (χ0) is 28.4.